The van der Waals surface area contributed by atoms with Crippen LogP contribution in [0.25, 0.3) is 22.3 Å². The Bertz CT molecular complexity index is 970. The molecule has 0 unspecified atom stereocenters. The number of phenols is 1. The van der Waals surface area contributed by atoms with Crippen LogP contribution in [-0.4, -0.2) is 44.3 Å². The first-order valence-corrected chi connectivity index (χ1v) is 9.44. The van der Waals surface area contributed by atoms with E-state index in [4.69, 9.17) is 11.6 Å². The smallest absolute Gasteiger partial charge is 0.209 e. The van der Waals surface area contributed by atoms with E-state index in [0.717, 1.165) is 55.5 Å². The average Bonchev–Trinajstić information content (AvgIpc) is 3.04. The number of benzene rings is 1. The predicted molar refractivity (Wildman–Crippen MR) is 105 cm³/mol. The normalized spacial score (nSPS) is 15.4. The van der Waals surface area contributed by atoms with Crippen molar-refractivity contribution in [1.29, 1.82) is 0 Å². The number of carbonyl (C=O) groups is 1. The van der Waals surface area contributed by atoms with Gasteiger partial charge >= 0.3 is 0 Å². The van der Waals surface area contributed by atoms with Crippen molar-refractivity contribution in [3.8, 4) is 17.0 Å². The van der Waals surface area contributed by atoms with Gasteiger partial charge < -0.3 is 14.6 Å². The quantitative estimate of drug-likeness (QED) is 0.697. The summed E-state index contributed by atoms with van der Waals surface area (Å²) in [5.74, 6) is 0.635. The van der Waals surface area contributed by atoms with Gasteiger partial charge in [0, 0.05) is 41.8 Å². The number of aromatic hydroxyl groups is 1. The van der Waals surface area contributed by atoms with Gasteiger partial charge in [0.25, 0.3) is 0 Å². The van der Waals surface area contributed by atoms with Crippen molar-refractivity contribution in [3.63, 3.8) is 0 Å². The molecule has 140 valence electrons. The zero-order valence-electron chi connectivity index (χ0n) is 15.1. The molecule has 0 aliphatic carbocycles. The van der Waals surface area contributed by atoms with E-state index >= 15 is 0 Å². The number of carbonyl (C=O) groups excluding carboxylic acids is 1. The molecule has 1 aliphatic heterocycles. The number of amides is 1. The Hall–Kier alpha value is -2.60. The summed E-state index contributed by atoms with van der Waals surface area (Å²) in [4.78, 5) is 12.7. The third kappa shape index (κ3) is 3.49. The molecule has 4 rings (SSSR count). The fraction of sp³-hybridized carbons (Fsp3) is 0.350. The Morgan fingerprint density at radius 2 is 2.04 bits per heavy atom. The first-order valence-electron chi connectivity index (χ1n) is 9.06. The zero-order chi connectivity index (χ0) is 19.0. The number of fused-ring (bicyclic) bond motifs is 1. The molecule has 6 nitrogen and oxygen atoms in total. The molecule has 3 aromatic rings. The Balaban J connectivity index is 1.60. The number of halogens is 1. The highest BCUT2D eigenvalue weighted by atomic mass is 35.5. The number of hydrogen-bond acceptors (Lipinski definition) is 4. The molecular weight excluding hydrogens is 364 g/mol. The largest absolute Gasteiger partial charge is 0.507 e. The first-order chi connectivity index (χ1) is 13.0. The lowest BCUT2D eigenvalue weighted by atomic mass is 9.97. The fourth-order valence-electron chi connectivity index (χ4n) is 3.83. The van der Waals surface area contributed by atoms with E-state index in [1.165, 1.54) is 6.07 Å². The van der Waals surface area contributed by atoms with Crippen LogP contribution in [0.1, 0.15) is 18.4 Å². The molecule has 1 saturated heterocycles. The van der Waals surface area contributed by atoms with E-state index in [9.17, 15) is 9.90 Å². The van der Waals surface area contributed by atoms with Gasteiger partial charge in [-0.3, -0.25) is 4.79 Å². The number of phenolic OH excluding ortho intramolecular Hbond substituents is 1. The number of nitrogens with zero attached hydrogens (tertiary/aromatic N) is 4. The monoisotopic (exact) mass is 384 g/mol. The van der Waals surface area contributed by atoms with E-state index in [1.807, 2.05) is 30.2 Å². The number of rotatable bonds is 4. The number of piperidine rings is 1. The molecule has 0 bridgehead atoms. The second kappa shape index (κ2) is 7.19. The van der Waals surface area contributed by atoms with Gasteiger partial charge in [0.05, 0.1) is 5.69 Å². The van der Waals surface area contributed by atoms with Gasteiger partial charge in [-0.25, -0.2) is 0 Å². The molecule has 7 heteroatoms. The van der Waals surface area contributed by atoms with Gasteiger partial charge in [0.2, 0.25) is 6.41 Å². The standard InChI is InChI=1S/C20H21ClN4O2/c1-13-8-16(21)10-18(27)19(13)17-9-15-4-7-25(20(15)23-22-17)11-14-2-5-24(12-26)6-3-14/h4,7-10,12,14,27H,2-3,5-6,11H2,1H3. The third-order valence-electron chi connectivity index (χ3n) is 5.30. The van der Waals surface area contributed by atoms with E-state index in [2.05, 4.69) is 14.8 Å². The number of aryl methyl sites for hydroxylation is 1. The summed E-state index contributed by atoms with van der Waals surface area (Å²) >= 11 is 6.00. The van der Waals surface area contributed by atoms with Crippen LogP contribution >= 0.6 is 11.6 Å². The van der Waals surface area contributed by atoms with Gasteiger partial charge in [-0.1, -0.05) is 11.6 Å². The van der Waals surface area contributed by atoms with Gasteiger partial charge in [-0.15, -0.1) is 10.2 Å². The van der Waals surface area contributed by atoms with Crippen molar-refractivity contribution < 1.29 is 9.90 Å². The Labute approximate surface area is 162 Å². The lowest BCUT2D eigenvalue weighted by Gasteiger charge is -2.29. The van der Waals surface area contributed by atoms with Crippen LogP contribution in [0.5, 0.6) is 5.75 Å². The lowest BCUT2D eigenvalue weighted by Crippen LogP contribution is -2.33. The maximum absolute atomic E-state index is 10.9. The van der Waals surface area contributed by atoms with Gasteiger partial charge in [-0.2, -0.15) is 0 Å². The van der Waals surface area contributed by atoms with Crippen molar-refractivity contribution in [3.05, 3.63) is 41.0 Å². The molecular formula is C20H21ClN4O2. The van der Waals surface area contributed by atoms with Crippen molar-refractivity contribution in [2.24, 2.45) is 5.92 Å². The molecule has 0 radical (unpaired) electrons. The van der Waals surface area contributed by atoms with Crippen molar-refractivity contribution >= 4 is 29.0 Å². The Morgan fingerprint density at radius 1 is 1.26 bits per heavy atom. The summed E-state index contributed by atoms with van der Waals surface area (Å²) in [5.41, 5.74) is 2.98. The van der Waals surface area contributed by atoms with Gasteiger partial charge in [0.15, 0.2) is 5.65 Å². The van der Waals surface area contributed by atoms with Crippen LogP contribution < -0.4 is 0 Å². The highest BCUT2D eigenvalue weighted by Gasteiger charge is 2.20. The topological polar surface area (TPSA) is 71.2 Å². The maximum Gasteiger partial charge on any atom is 0.209 e. The van der Waals surface area contributed by atoms with E-state index in [-0.39, 0.29) is 5.75 Å². The molecule has 3 heterocycles. The van der Waals surface area contributed by atoms with Crippen LogP contribution in [0.4, 0.5) is 0 Å². The third-order valence-corrected chi connectivity index (χ3v) is 5.52. The second-order valence-corrected chi connectivity index (χ2v) is 7.61. The van der Waals surface area contributed by atoms with Crippen LogP contribution in [0.3, 0.4) is 0 Å². The first kappa shape index (κ1) is 17.8. The second-order valence-electron chi connectivity index (χ2n) is 7.18. The molecule has 0 atom stereocenters. The minimum atomic E-state index is 0.107. The fourth-order valence-corrected chi connectivity index (χ4v) is 4.10. The minimum absolute atomic E-state index is 0.107. The van der Waals surface area contributed by atoms with Crippen LogP contribution in [0, 0.1) is 12.8 Å². The molecule has 1 fully saturated rings. The van der Waals surface area contributed by atoms with Crippen LogP contribution in [0.15, 0.2) is 30.5 Å². The van der Waals surface area contributed by atoms with Gasteiger partial charge in [0.1, 0.15) is 5.75 Å². The minimum Gasteiger partial charge on any atom is -0.507 e. The molecule has 27 heavy (non-hydrogen) atoms. The Morgan fingerprint density at radius 3 is 2.74 bits per heavy atom. The molecule has 0 saturated carbocycles. The summed E-state index contributed by atoms with van der Waals surface area (Å²) in [5, 5.41) is 20.5. The van der Waals surface area contributed by atoms with E-state index < -0.39 is 0 Å². The van der Waals surface area contributed by atoms with E-state index in [1.54, 1.807) is 6.07 Å². The average molecular weight is 385 g/mol. The highest BCUT2D eigenvalue weighted by Crippen LogP contribution is 2.34. The molecule has 2 aromatic heterocycles. The molecule has 0 spiro atoms. The highest BCUT2D eigenvalue weighted by molar-refractivity contribution is 6.31. The van der Waals surface area contributed by atoms with Crippen molar-refractivity contribution in [1.82, 2.24) is 19.7 Å². The van der Waals surface area contributed by atoms with Crippen LogP contribution in [0.2, 0.25) is 5.02 Å². The molecule has 1 aliphatic rings. The SMILES string of the molecule is Cc1cc(Cl)cc(O)c1-c1cc2ccn(CC3CCN(C=O)CC3)c2nn1. The predicted octanol–water partition coefficient (Wildman–Crippen LogP) is 3.63. The number of likely N-dealkylation sites (tertiary alicyclic amines) is 1. The molecule has 1 amide bonds. The Kier molecular flexibility index (Phi) is 4.74. The van der Waals surface area contributed by atoms with Crippen LogP contribution in [-0.2, 0) is 11.3 Å². The summed E-state index contributed by atoms with van der Waals surface area (Å²) in [6, 6.07) is 7.30. The van der Waals surface area contributed by atoms with E-state index in [0.29, 0.717) is 22.2 Å². The molecule has 1 N–H and O–H groups in total. The summed E-state index contributed by atoms with van der Waals surface area (Å²) < 4.78 is 2.13. The maximum atomic E-state index is 10.9. The lowest BCUT2D eigenvalue weighted by molar-refractivity contribution is -0.119. The zero-order valence-corrected chi connectivity index (χ0v) is 15.9. The summed E-state index contributed by atoms with van der Waals surface area (Å²) in [6.07, 6.45) is 4.97. The summed E-state index contributed by atoms with van der Waals surface area (Å²) in [7, 11) is 0. The van der Waals surface area contributed by atoms with Gasteiger partial charge in [-0.05, 0) is 55.5 Å². The number of aromatic nitrogens is 3. The van der Waals surface area contributed by atoms with Crippen molar-refractivity contribution in [2.45, 2.75) is 26.3 Å². The number of hydrogen-bond donors (Lipinski definition) is 1. The molecule has 1 aromatic carbocycles. The van der Waals surface area contributed by atoms with Crippen molar-refractivity contribution in [2.75, 3.05) is 13.1 Å². The summed E-state index contributed by atoms with van der Waals surface area (Å²) in [6.45, 7) is 4.40.